The number of anilines is 1. The summed E-state index contributed by atoms with van der Waals surface area (Å²) in [5.41, 5.74) is 4.50. The molecule has 6 nitrogen and oxygen atoms in total. The van der Waals surface area contributed by atoms with Gasteiger partial charge in [-0.1, -0.05) is 12.1 Å². The van der Waals surface area contributed by atoms with Crippen molar-refractivity contribution in [2.24, 2.45) is 5.10 Å². The molecule has 1 amide bonds. The highest BCUT2D eigenvalue weighted by Gasteiger charge is 2.10. The second kappa shape index (κ2) is 6.91. The van der Waals surface area contributed by atoms with Crippen molar-refractivity contribution in [3.8, 4) is 0 Å². The number of carbonyl (C=O) groups is 1. The third-order valence-electron chi connectivity index (χ3n) is 3.39. The van der Waals surface area contributed by atoms with E-state index in [0.717, 1.165) is 31.9 Å². The largest absolute Gasteiger partial charge is 0.459 e. The smallest absolute Gasteiger partial charge is 0.307 e. The summed E-state index contributed by atoms with van der Waals surface area (Å²) in [7, 11) is 0. The lowest BCUT2D eigenvalue weighted by Crippen LogP contribution is -2.36. The molecule has 0 aliphatic carbocycles. The lowest BCUT2D eigenvalue weighted by atomic mass is 10.2. The van der Waals surface area contributed by atoms with Crippen LogP contribution in [0.3, 0.4) is 0 Å². The highest BCUT2D eigenvalue weighted by molar-refractivity contribution is 5.92. The summed E-state index contributed by atoms with van der Waals surface area (Å²) in [6, 6.07) is 11.3. The van der Waals surface area contributed by atoms with E-state index in [1.807, 2.05) is 24.3 Å². The van der Waals surface area contributed by atoms with E-state index in [1.54, 1.807) is 18.3 Å². The van der Waals surface area contributed by atoms with Crippen molar-refractivity contribution in [1.29, 1.82) is 0 Å². The SMILES string of the molecule is O=C(N/N=C\c1ccc(N2CCOCC2)cc1)c1ccco1. The first-order chi connectivity index (χ1) is 10.8. The molecule has 0 saturated carbocycles. The Labute approximate surface area is 128 Å². The van der Waals surface area contributed by atoms with Gasteiger partial charge in [0.25, 0.3) is 0 Å². The molecule has 1 aliphatic heterocycles. The summed E-state index contributed by atoms with van der Waals surface area (Å²) in [6.07, 6.45) is 3.05. The van der Waals surface area contributed by atoms with Gasteiger partial charge in [-0.3, -0.25) is 4.79 Å². The number of ether oxygens (including phenoxy) is 1. The van der Waals surface area contributed by atoms with Crippen LogP contribution in [0.1, 0.15) is 16.1 Å². The van der Waals surface area contributed by atoms with Crippen molar-refractivity contribution in [3.05, 3.63) is 54.0 Å². The van der Waals surface area contributed by atoms with Crippen LogP contribution < -0.4 is 10.3 Å². The molecule has 6 heteroatoms. The van der Waals surface area contributed by atoms with Gasteiger partial charge >= 0.3 is 5.91 Å². The van der Waals surface area contributed by atoms with Gasteiger partial charge in [-0.05, 0) is 29.8 Å². The molecule has 1 saturated heterocycles. The van der Waals surface area contributed by atoms with Crippen LogP contribution in [-0.4, -0.2) is 38.4 Å². The number of furan rings is 1. The van der Waals surface area contributed by atoms with Gasteiger partial charge < -0.3 is 14.1 Å². The predicted molar refractivity (Wildman–Crippen MR) is 83.2 cm³/mol. The molecule has 2 heterocycles. The van der Waals surface area contributed by atoms with Gasteiger partial charge in [-0.2, -0.15) is 5.10 Å². The van der Waals surface area contributed by atoms with Gasteiger partial charge in [0.1, 0.15) is 0 Å². The fourth-order valence-corrected chi connectivity index (χ4v) is 2.22. The second-order valence-corrected chi connectivity index (χ2v) is 4.87. The van der Waals surface area contributed by atoms with Crippen LogP contribution in [0.5, 0.6) is 0 Å². The summed E-state index contributed by atoms with van der Waals surface area (Å²) in [6.45, 7) is 3.35. The van der Waals surface area contributed by atoms with Crippen molar-refractivity contribution >= 4 is 17.8 Å². The zero-order valence-electron chi connectivity index (χ0n) is 12.1. The van der Waals surface area contributed by atoms with Crippen LogP contribution in [0.2, 0.25) is 0 Å². The maximum absolute atomic E-state index is 11.6. The van der Waals surface area contributed by atoms with Crippen LogP contribution in [0.15, 0.2) is 52.2 Å². The van der Waals surface area contributed by atoms with Crippen LogP contribution >= 0.6 is 0 Å². The van der Waals surface area contributed by atoms with E-state index in [9.17, 15) is 4.79 Å². The average molecular weight is 299 g/mol. The van der Waals surface area contributed by atoms with Gasteiger partial charge in [0.05, 0.1) is 25.7 Å². The Balaban J connectivity index is 1.56. The Morgan fingerprint density at radius 3 is 2.64 bits per heavy atom. The molecule has 1 N–H and O–H groups in total. The summed E-state index contributed by atoms with van der Waals surface area (Å²) in [4.78, 5) is 13.9. The molecule has 0 radical (unpaired) electrons. The highest BCUT2D eigenvalue weighted by atomic mass is 16.5. The second-order valence-electron chi connectivity index (χ2n) is 4.87. The zero-order valence-corrected chi connectivity index (χ0v) is 12.1. The van der Waals surface area contributed by atoms with Gasteiger partial charge in [0.15, 0.2) is 5.76 Å². The highest BCUT2D eigenvalue weighted by Crippen LogP contribution is 2.15. The topological polar surface area (TPSA) is 67.1 Å². The molecule has 2 aromatic rings. The molecule has 1 fully saturated rings. The number of nitrogens with one attached hydrogen (secondary N) is 1. The first-order valence-electron chi connectivity index (χ1n) is 7.12. The monoisotopic (exact) mass is 299 g/mol. The van der Waals surface area contributed by atoms with Gasteiger partial charge in [0, 0.05) is 18.8 Å². The number of hydrazone groups is 1. The van der Waals surface area contributed by atoms with Crippen molar-refractivity contribution in [1.82, 2.24) is 5.43 Å². The number of hydrogen-bond donors (Lipinski definition) is 1. The summed E-state index contributed by atoms with van der Waals surface area (Å²) in [5, 5.41) is 3.92. The van der Waals surface area contributed by atoms with Crippen molar-refractivity contribution in [2.45, 2.75) is 0 Å². The van der Waals surface area contributed by atoms with E-state index in [4.69, 9.17) is 9.15 Å². The van der Waals surface area contributed by atoms with E-state index < -0.39 is 0 Å². The first kappa shape index (κ1) is 14.3. The minimum atomic E-state index is -0.369. The van der Waals surface area contributed by atoms with Crippen LogP contribution in [0, 0.1) is 0 Å². The standard InChI is InChI=1S/C16H17N3O3/c20-16(15-2-1-9-22-15)18-17-12-13-3-5-14(6-4-13)19-7-10-21-11-8-19/h1-6,9,12H,7-8,10-11H2,(H,18,20)/b17-12-. The fourth-order valence-electron chi connectivity index (χ4n) is 2.22. The molecule has 1 aliphatic rings. The van der Waals surface area contributed by atoms with E-state index >= 15 is 0 Å². The average Bonchev–Trinajstić information content (AvgIpc) is 3.11. The Bertz CT molecular complexity index is 629. The van der Waals surface area contributed by atoms with Crippen LogP contribution in [0.4, 0.5) is 5.69 Å². The lowest BCUT2D eigenvalue weighted by Gasteiger charge is -2.28. The first-order valence-corrected chi connectivity index (χ1v) is 7.12. The predicted octanol–water partition coefficient (Wildman–Crippen LogP) is 1.88. The molecule has 0 bridgehead atoms. The summed E-state index contributed by atoms with van der Waals surface area (Å²) in [5.74, 6) is -0.133. The molecule has 1 aromatic carbocycles. The molecule has 0 spiro atoms. The quantitative estimate of drug-likeness (QED) is 0.691. The maximum Gasteiger partial charge on any atom is 0.307 e. The number of carbonyl (C=O) groups excluding carboxylic acids is 1. The zero-order chi connectivity index (χ0) is 15.2. The number of hydrogen-bond acceptors (Lipinski definition) is 5. The maximum atomic E-state index is 11.6. The van der Waals surface area contributed by atoms with E-state index in [0.29, 0.717) is 0 Å². The van der Waals surface area contributed by atoms with Crippen molar-refractivity contribution in [3.63, 3.8) is 0 Å². The molecular formula is C16H17N3O3. The third-order valence-corrected chi connectivity index (χ3v) is 3.39. The summed E-state index contributed by atoms with van der Waals surface area (Å²) < 4.78 is 10.3. The Kier molecular flexibility index (Phi) is 4.50. The van der Waals surface area contributed by atoms with Crippen molar-refractivity contribution < 1.29 is 13.9 Å². The number of amides is 1. The van der Waals surface area contributed by atoms with Gasteiger partial charge in [-0.25, -0.2) is 5.43 Å². The third kappa shape index (κ3) is 3.53. The Morgan fingerprint density at radius 2 is 1.95 bits per heavy atom. The minimum Gasteiger partial charge on any atom is -0.459 e. The van der Waals surface area contributed by atoms with Gasteiger partial charge in [-0.15, -0.1) is 0 Å². The minimum absolute atomic E-state index is 0.236. The molecule has 0 atom stereocenters. The number of benzene rings is 1. The van der Waals surface area contributed by atoms with Gasteiger partial charge in [0.2, 0.25) is 0 Å². The van der Waals surface area contributed by atoms with E-state index in [-0.39, 0.29) is 11.7 Å². The van der Waals surface area contributed by atoms with Crippen molar-refractivity contribution in [2.75, 3.05) is 31.2 Å². The molecule has 3 rings (SSSR count). The van der Waals surface area contributed by atoms with E-state index in [1.165, 1.54) is 12.0 Å². The molecule has 22 heavy (non-hydrogen) atoms. The normalized spacial score (nSPS) is 15.2. The number of morpholine rings is 1. The summed E-state index contributed by atoms with van der Waals surface area (Å²) >= 11 is 0. The van der Waals surface area contributed by atoms with Crippen LogP contribution in [-0.2, 0) is 4.74 Å². The molecular weight excluding hydrogens is 282 g/mol. The number of nitrogens with zero attached hydrogens (tertiary/aromatic N) is 2. The Morgan fingerprint density at radius 1 is 1.18 bits per heavy atom. The molecule has 0 unspecified atom stereocenters. The molecule has 114 valence electrons. The molecule has 1 aromatic heterocycles. The Hall–Kier alpha value is -2.60. The number of rotatable bonds is 4. The lowest BCUT2D eigenvalue weighted by molar-refractivity contribution is 0.0927. The van der Waals surface area contributed by atoms with Crippen LogP contribution in [0.25, 0.3) is 0 Å². The van der Waals surface area contributed by atoms with E-state index in [2.05, 4.69) is 15.4 Å². The fraction of sp³-hybridized carbons (Fsp3) is 0.250.